The third kappa shape index (κ3) is 6.71. The molecular weight excluding hydrogens is 347 g/mol. The standard InChI is InChI=1S/C11H18F3NO7S/c1-10(6-16,7-17)9(19)22-5-3-2-4-8(18)15-23(20,21)11(12,13)14/h16-17H,2-7H2,1H3,(H,15,18). The molecule has 136 valence electrons. The maximum atomic E-state index is 12.0. The molecule has 3 N–H and O–H groups in total. The third-order valence-corrected chi connectivity index (χ3v) is 3.88. The van der Waals surface area contributed by atoms with Gasteiger partial charge in [0, 0.05) is 6.42 Å². The van der Waals surface area contributed by atoms with Gasteiger partial charge in [-0.3, -0.25) is 9.59 Å². The second-order valence-corrected chi connectivity index (χ2v) is 6.62. The molecule has 0 bridgehead atoms. The molecule has 0 aromatic heterocycles. The van der Waals surface area contributed by atoms with Gasteiger partial charge in [0.2, 0.25) is 5.91 Å². The number of alkyl halides is 3. The first-order valence-electron chi connectivity index (χ1n) is 6.40. The van der Waals surface area contributed by atoms with Crippen molar-refractivity contribution in [3.63, 3.8) is 0 Å². The van der Waals surface area contributed by atoms with Crippen LogP contribution in [-0.2, 0) is 24.3 Å². The van der Waals surface area contributed by atoms with E-state index in [1.165, 1.54) is 6.92 Å². The van der Waals surface area contributed by atoms with E-state index in [1.807, 2.05) is 0 Å². The molecule has 0 aliphatic carbocycles. The molecule has 1 amide bonds. The van der Waals surface area contributed by atoms with E-state index in [9.17, 15) is 31.2 Å². The van der Waals surface area contributed by atoms with Crippen LogP contribution in [-0.4, -0.2) is 55.8 Å². The van der Waals surface area contributed by atoms with Crippen LogP contribution in [0.2, 0.25) is 0 Å². The number of unbranched alkanes of at least 4 members (excludes halogenated alkanes) is 1. The summed E-state index contributed by atoms with van der Waals surface area (Å²) in [4.78, 5) is 22.6. The number of hydrogen-bond donors (Lipinski definition) is 3. The molecule has 0 saturated heterocycles. The first kappa shape index (κ1) is 21.6. The maximum absolute atomic E-state index is 12.0. The molecule has 0 radical (unpaired) electrons. The van der Waals surface area contributed by atoms with Crippen molar-refractivity contribution in [3.8, 4) is 0 Å². The van der Waals surface area contributed by atoms with Crippen molar-refractivity contribution in [2.45, 2.75) is 31.7 Å². The molecule has 8 nitrogen and oxygen atoms in total. The number of aliphatic hydroxyl groups excluding tert-OH is 2. The van der Waals surface area contributed by atoms with Gasteiger partial charge in [-0.2, -0.15) is 21.6 Å². The minimum Gasteiger partial charge on any atom is -0.465 e. The van der Waals surface area contributed by atoms with Gasteiger partial charge in [-0.25, -0.2) is 4.72 Å². The fourth-order valence-electron chi connectivity index (χ4n) is 1.16. The third-order valence-electron chi connectivity index (χ3n) is 2.77. The zero-order chi connectivity index (χ0) is 18.3. The monoisotopic (exact) mass is 365 g/mol. The van der Waals surface area contributed by atoms with Gasteiger partial charge in [0.1, 0.15) is 5.41 Å². The Morgan fingerprint density at radius 2 is 1.65 bits per heavy atom. The molecule has 0 rings (SSSR count). The summed E-state index contributed by atoms with van der Waals surface area (Å²) in [5.74, 6) is -2.20. The Balaban J connectivity index is 4.11. The molecule has 0 saturated carbocycles. The topological polar surface area (TPSA) is 130 Å². The lowest BCUT2D eigenvalue weighted by molar-refractivity contribution is -0.160. The first-order chi connectivity index (χ1) is 10.4. The van der Waals surface area contributed by atoms with Crippen molar-refractivity contribution < 1.29 is 46.1 Å². The molecular formula is C11H18F3NO7S. The van der Waals surface area contributed by atoms with Crippen molar-refractivity contribution in [1.82, 2.24) is 4.72 Å². The van der Waals surface area contributed by atoms with Gasteiger partial charge >= 0.3 is 21.5 Å². The van der Waals surface area contributed by atoms with E-state index in [0.29, 0.717) is 0 Å². The largest absolute Gasteiger partial charge is 0.516 e. The van der Waals surface area contributed by atoms with Gasteiger partial charge in [-0.1, -0.05) is 0 Å². The summed E-state index contributed by atoms with van der Waals surface area (Å²) in [7, 11) is -5.72. The quantitative estimate of drug-likeness (QED) is 0.376. The van der Waals surface area contributed by atoms with Crippen molar-refractivity contribution in [3.05, 3.63) is 0 Å². The smallest absolute Gasteiger partial charge is 0.465 e. The van der Waals surface area contributed by atoms with Crippen LogP contribution in [0.5, 0.6) is 0 Å². The lowest BCUT2D eigenvalue weighted by Gasteiger charge is -2.22. The fourth-order valence-corrected chi connectivity index (χ4v) is 1.68. The molecule has 0 fully saturated rings. The SMILES string of the molecule is CC(CO)(CO)C(=O)OCCCCC(=O)NS(=O)(=O)C(F)(F)F. The zero-order valence-corrected chi connectivity index (χ0v) is 13.0. The van der Waals surface area contributed by atoms with E-state index >= 15 is 0 Å². The minimum atomic E-state index is -5.72. The molecule has 0 heterocycles. The number of nitrogens with one attached hydrogen (secondary N) is 1. The first-order valence-corrected chi connectivity index (χ1v) is 7.89. The second kappa shape index (κ2) is 8.45. The second-order valence-electron chi connectivity index (χ2n) is 4.94. The van der Waals surface area contributed by atoms with Crippen LogP contribution in [0.3, 0.4) is 0 Å². The van der Waals surface area contributed by atoms with E-state index in [1.54, 1.807) is 0 Å². The van der Waals surface area contributed by atoms with Crippen LogP contribution in [0.4, 0.5) is 13.2 Å². The van der Waals surface area contributed by atoms with E-state index in [2.05, 4.69) is 0 Å². The average Bonchev–Trinajstić information content (AvgIpc) is 2.44. The highest BCUT2D eigenvalue weighted by Gasteiger charge is 2.46. The van der Waals surface area contributed by atoms with Gasteiger partial charge < -0.3 is 14.9 Å². The summed E-state index contributed by atoms with van der Waals surface area (Å²) in [5, 5.41) is 17.9. The molecule has 0 aromatic carbocycles. The zero-order valence-electron chi connectivity index (χ0n) is 12.2. The van der Waals surface area contributed by atoms with Crippen molar-refractivity contribution in [2.24, 2.45) is 5.41 Å². The molecule has 0 aliphatic rings. The lowest BCUT2D eigenvalue weighted by atomic mass is 9.93. The number of aliphatic hydroxyl groups is 2. The molecule has 0 aliphatic heterocycles. The molecule has 0 aromatic rings. The number of carbonyl (C=O) groups excluding carboxylic acids is 2. The maximum Gasteiger partial charge on any atom is 0.516 e. The highest BCUT2D eigenvalue weighted by Crippen LogP contribution is 2.21. The number of halogens is 3. The Kier molecular flexibility index (Phi) is 7.94. The fraction of sp³-hybridized carbons (Fsp3) is 0.818. The number of carbonyl (C=O) groups is 2. The number of sulfonamides is 1. The van der Waals surface area contributed by atoms with Crippen molar-refractivity contribution in [1.29, 1.82) is 0 Å². The number of amides is 1. The number of esters is 1. The summed E-state index contributed by atoms with van der Waals surface area (Å²) in [6.45, 7) is -0.210. The van der Waals surface area contributed by atoms with Crippen LogP contribution in [0.1, 0.15) is 26.2 Å². The average molecular weight is 365 g/mol. The Labute approximate surface area is 130 Å². The molecule has 0 atom stereocenters. The number of ether oxygens (including phenoxy) is 1. The van der Waals surface area contributed by atoms with E-state index in [4.69, 9.17) is 14.9 Å². The number of hydrogen-bond acceptors (Lipinski definition) is 7. The van der Waals surface area contributed by atoms with Crippen molar-refractivity contribution in [2.75, 3.05) is 19.8 Å². The lowest BCUT2D eigenvalue weighted by Crippen LogP contribution is -2.40. The Bertz CT molecular complexity index is 514. The van der Waals surface area contributed by atoms with E-state index in [0.717, 1.165) is 4.72 Å². The number of rotatable bonds is 9. The van der Waals surface area contributed by atoms with E-state index in [-0.39, 0.29) is 19.4 Å². The molecule has 0 spiro atoms. The normalized spacial score (nSPS) is 12.8. The predicted molar refractivity (Wildman–Crippen MR) is 70.2 cm³/mol. The predicted octanol–water partition coefficient (Wildman–Crippen LogP) is -0.343. The van der Waals surface area contributed by atoms with Crippen LogP contribution >= 0.6 is 0 Å². The molecule has 12 heteroatoms. The highest BCUT2D eigenvalue weighted by atomic mass is 32.2. The van der Waals surface area contributed by atoms with Crippen LogP contribution in [0.25, 0.3) is 0 Å². The molecule has 0 unspecified atom stereocenters. The summed E-state index contributed by atoms with van der Waals surface area (Å²) >= 11 is 0. The van der Waals surface area contributed by atoms with E-state index < -0.39 is 52.5 Å². The summed E-state index contributed by atoms with van der Waals surface area (Å²) in [6.07, 6.45) is -0.455. The van der Waals surface area contributed by atoms with Crippen molar-refractivity contribution >= 4 is 21.9 Å². The highest BCUT2D eigenvalue weighted by molar-refractivity contribution is 7.90. The Morgan fingerprint density at radius 3 is 2.09 bits per heavy atom. The minimum absolute atomic E-state index is 0.0263. The Hall–Kier alpha value is -1.40. The van der Waals surface area contributed by atoms with Gasteiger partial charge in [-0.05, 0) is 19.8 Å². The van der Waals surface area contributed by atoms with Gasteiger partial charge in [0.05, 0.1) is 19.8 Å². The van der Waals surface area contributed by atoms with Crippen LogP contribution in [0.15, 0.2) is 0 Å². The Morgan fingerprint density at radius 1 is 1.13 bits per heavy atom. The van der Waals surface area contributed by atoms with Gasteiger partial charge in [0.15, 0.2) is 0 Å². The van der Waals surface area contributed by atoms with Gasteiger partial charge in [-0.15, -0.1) is 0 Å². The summed E-state index contributed by atoms with van der Waals surface area (Å²) in [6, 6.07) is 0. The van der Waals surface area contributed by atoms with Crippen LogP contribution < -0.4 is 4.72 Å². The molecule has 23 heavy (non-hydrogen) atoms. The summed E-state index contributed by atoms with van der Waals surface area (Å²) in [5.41, 5.74) is -7.05. The summed E-state index contributed by atoms with van der Waals surface area (Å²) < 4.78 is 62.9. The van der Waals surface area contributed by atoms with Gasteiger partial charge in [0.25, 0.3) is 0 Å². The van der Waals surface area contributed by atoms with Crippen LogP contribution in [0, 0.1) is 5.41 Å².